The maximum Gasteiger partial charge on any atom is 0.223 e. The summed E-state index contributed by atoms with van der Waals surface area (Å²) in [6, 6.07) is 8.92. The molecule has 0 aromatic heterocycles. The van der Waals surface area contributed by atoms with Crippen LogP contribution in [0.5, 0.6) is 0 Å². The van der Waals surface area contributed by atoms with Crippen LogP contribution in [0.25, 0.3) is 0 Å². The quantitative estimate of drug-likeness (QED) is 0.808. The van der Waals surface area contributed by atoms with E-state index < -0.39 is 0 Å². The van der Waals surface area contributed by atoms with Gasteiger partial charge in [-0.3, -0.25) is 4.79 Å². The fraction of sp³-hybridized carbons (Fsp3) is 0.667. The second-order valence-electron chi connectivity index (χ2n) is 8.21. The highest BCUT2D eigenvalue weighted by Gasteiger charge is 2.57. The average molecular weight is 374 g/mol. The maximum absolute atomic E-state index is 13.1. The Hall–Kier alpha value is -0.610. The molecule has 1 aliphatic heterocycles. The van der Waals surface area contributed by atoms with Crippen molar-refractivity contribution in [2.45, 2.75) is 55.1 Å². The Morgan fingerprint density at radius 2 is 1.76 bits per heavy atom. The van der Waals surface area contributed by atoms with E-state index in [4.69, 9.17) is 0 Å². The highest BCUT2D eigenvalue weighted by Crippen LogP contribution is 2.65. The normalized spacial score (nSPS) is 35.5. The molecule has 1 aromatic carbocycles. The number of carbonyl (C=O) groups excluding carboxylic acids is 1. The van der Waals surface area contributed by atoms with Gasteiger partial charge in [0.05, 0.1) is 10.1 Å². The molecule has 1 spiro atoms. The minimum Gasteiger partial charge on any atom is -0.349 e. The summed E-state index contributed by atoms with van der Waals surface area (Å²) in [6.45, 7) is 0. The molecule has 134 valence electrons. The van der Waals surface area contributed by atoms with Gasteiger partial charge in [-0.1, -0.05) is 24.3 Å². The Kier molecular flexibility index (Phi) is 4.32. The topological polar surface area (TPSA) is 29.1 Å². The molecular formula is C21H27NOS2. The lowest BCUT2D eigenvalue weighted by Crippen LogP contribution is -2.44. The Labute approximate surface area is 159 Å². The van der Waals surface area contributed by atoms with E-state index in [-0.39, 0.29) is 12.0 Å². The first-order chi connectivity index (χ1) is 12.3. The van der Waals surface area contributed by atoms with Gasteiger partial charge in [0, 0.05) is 17.4 Å². The Bertz CT molecular complexity index is 654. The monoisotopic (exact) mass is 373 g/mol. The van der Waals surface area contributed by atoms with Crippen molar-refractivity contribution in [3.8, 4) is 0 Å². The van der Waals surface area contributed by atoms with Crippen LogP contribution in [0.3, 0.4) is 0 Å². The molecule has 1 N–H and O–H groups in total. The average Bonchev–Trinajstić information content (AvgIpc) is 3.17. The van der Waals surface area contributed by atoms with Gasteiger partial charge in [0.15, 0.2) is 0 Å². The van der Waals surface area contributed by atoms with E-state index in [1.165, 1.54) is 41.9 Å². The van der Waals surface area contributed by atoms with Crippen molar-refractivity contribution in [3.05, 3.63) is 35.4 Å². The van der Waals surface area contributed by atoms with Crippen LogP contribution in [0.1, 0.15) is 55.7 Å². The Morgan fingerprint density at radius 3 is 2.52 bits per heavy atom. The third-order valence-corrected chi connectivity index (χ3v) is 11.0. The predicted octanol–water partition coefficient (Wildman–Crippen LogP) is 4.79. The van der Waals surface area contributed by atoms with Gasteiger partial charge in [-0.15, -0.1) is 23.5 Å². The zero-order chi connectivity index (χ0) is 16.9. The van der Waals surface area contributed by atoms with E-state index in [9.17, 15) is 4.79 Å². The molecule has 1 amide bonds. The van der Waals surface area contributed by atoms with E-state index >= 15 is 0 Å². The number of nitrogens with one attached hydrogen (secondary N) is 1. The fourth-order valence-corrected chi connectivity index (χ4v) is 9.75. The Morgan fingerprint density at radius 1 is 1.04 bits per heavy atom. The molecule has 1 heterocycles. The summed E-state index contributed by atoms with van der Waals surface area (Å²) in [5.41, 5.74) is 2.79. The molecule has 1 aromatic rings. The van der Waals surface area contributed by atoms with Crippen LogP contribution in [0, 0.1) is 17.8 Å². The first-order valence-electron chi connectivity index (χ1n) is 9.92. The summed E-state index contributed by atoms with van der Waals surface area (Å²) in [6.07, 6.45) is 8.38. The molecule has 1 unspecified atom stereocenters. The molecule has 4 atom stereocenters. The Balaban J connectivity index is 1.29. The van der Waals surface area contributed by atoms with Gasteiger partial charge < -0.3 is 5.32 Å². The maximum atomic E-state index is 13.1. The van der Waals surface area contributed by atoms with E-state index in [1.807, 2.05) is 0 Å². The van der Waals surface area contributed by atoms with Gasteiger partial charge in [0.2, 0.25) is 5.91 Å². The largest absolute Gasteiger partial charge is 0.349 e. The van der Waals surface area contributed by atoms with Crippen LogP contribution in [0.2, 0.25) is 0 Å². The zero-order valence-corrected chi connectivity index (χ0v) is 16.3. The molecule has 3 aliphatic carbocycles. The predicted molar refractivity (Wildman–Crippen MR) is 107 cm³/mol. The van der Waals surface area contributed by atoms with E-state index in [0.29, 0.717) is 9.99 Å². The molecule has 4 heteroatoms. The summed E-state index contributed by atoms with van der Waals surface area (Å²) in [5.74, 6) is 4.73. The highest BCUT2D eigenvalue weighted by atomic mass is 32.2. The van der Waals surface area contributed by atoms with Crippen molar-refractivity contribution in [1.29, 1.82) is 0 Å². The molecule has 4 aliphatic rings. The second kappa shape index (κ2) is 6.53. The molecule has 3 fully saturated rings. The number of amides is 1. The van der Waals surface area contributed by atoms with Crippen molar-refractivity contribution < 1.29 is 4.79 Å². The number of thioether (sulfide) groups is 2. The number of rotatable bonds is 2. The highest BCUT2D eigenvalue weighted by molar-refractivity contribution is 8.21. The minimum absolute atomic E-state index is 0.237. The van der Waals surface area contributed by atoms with E-state index in [0.717, 1.165) is 37.5 Å². The van der Waals surface area contributed by atoms with Gasteiger partial charge in [-0.25, -0.2) is 0 Å². The molecule has 2 nitrogen and oxygen atoms in total. The lowest BCUT2D eigenvalue weighted by atomic mass is 9.79. The number of aryl methyl sites for hydroxylation is 1. The second-order valence-corrected chi connectivity index (χ2v) is 11.2. The van der Waals surface area contributed by atoms with Crippen molar-refractivity contribution in [1.82, 2.24) is 5.32 Å². The fourth-order valence-electron chi connectivity index (χ4n) is 5.81. The van der Waals surface area contributed by atoms with E-state index in [1.54, 1.807) is 0 Å². The molecule has 25 heavy (non-hydrogen) atoms. The van der Waals surface area contributed by atoms with Crippen molar-refractivity contribution in [2.75, 3.05) is 11.5 Å². The summed E-state index contributed by atoms with van der Waals surface area (Å²) >= 11 is 4.43. The molecule has 1 saturated heterocycles. The third kappa shape index (κ3) is 2.75. The van der Waals surface area contributed by atoms with Crippen LogP contribution in [0.15, 0.2) is 24.3 Å². The van der Waals surface area contributed by atoms with Gasteiger partial charge >= 0.3 is 0 Å². The standard InChI is InChI=1S/C21H27NOS2/c23-20(22-19-7-3-5-14-4-1-2-6-18(14)19)15-12-16-8-9-17(13-15)21(16)24-10-11-25-21/h1-2,4,6,15-17,19H,3,5,7-13H2,(H,22,23)/t15?,16-,17+,19-/m0/s1. The van der Waals surface area contributed by atoms with E-state index in [2.05, 4.69) is 53.1 Å². The first kappa shape index (κ1) is 16.6. The summed E-state index contributed by atoms with van der Waals surface area (Å²) in [5, 5.41) is 3.44. The molecule has 5 rings (SSSR count). The molecule has 2 saturated carbocycles. The van der Waals surface area contributed by atoms with Gasteiger partial charge in [-0.05, 0) is 67.9 Å². The van der Waals surface area contributed by atoms with Crippen LogP contribution in [0.4, 0.5) is 0 Å². The SMILES string of the molecule is O=C(N[C@H]1CCCc2ccccc21)C1C[C@H]2CC[C@@H](C1)C21SCCS1. The summed E-state index contributed by atoms with van der Waals surface area (Å²) in [7, 11) is 0. The van der Waals surface area contributed by atoms with Gasteiger partial charge in [-0.2, -0.15) is 0 Å². The lowest BCUT2D eigenvalue weighted by Gasteiger charge is -2.42. The molecule has 0 radical (unpaired) electrons. The number of carbonyl (C=O) groups is 1. The lowest BCUT2D eigenvalue weighted by molar-refractivity contribution is -0.127. The van der Waals surface area contributed by atoms with Crippen molar-refractivity contribution in [2.24, 2.45) is 17.8 Å². The number of hydrogen-bond donors (Lipinski definition) is 1. The van der Waals surface area contributed by atoms with Crippen LogP contribution in [-0.2, 0) is 11.2 Å². The van der Waals surface area contributed by atoms with Crippen LogP contribution in [-0.4, -0.2) is 21.5 Å². The summed E-state index contributed by atoms with van der Waals surface area (Å²) in [4.78, 5) is 13.1. The zero-order valence-electron chi connectivity index (χ0n) is 14.7. The van der Waals surface area contributed by atoms with Crippen LogP contribution < -0.4 is 5.32 Å². The molecule has 2 bridgehead atoms. The van der Waals surface area contributed by atoms with Crippen molar-refractivity contribution in [3.63, 3.8) is 0 Å². The van der Waals surface area contributed by atoms with Gasteiger partial charge in [0.1, 0.15) is 0 Å². The number of hydrogen-bond acceptors (Lipinski definition) is 3. The molecular weight excluding hydrogens is 346 g/mol. The summed E-state index contributed by atoms with van der Waals surface area (Å²) < 4.78 is 0.480. The first-order valence-corrected chi connectivity index (χ1v) is 11.9. The minimum atomic E-state index is 0.237. The van der Waals surface area contributed by atoms with Crippen LogP contribution >= 0.6 is 23.5 Å². The van der Waals surface area contributed by atoms with Crippen molar-refractivity contribution >= 4 is 29.4 Å². The number of benzene rings is 1. The third-order valence-electron chi connectivity index (χ3n) is 6.94. The smallest absolute Gasteiger partial charge is 0.223 e. The van der Waals surface area contributed by atoms with Gasteiger partial charge in [0.25, 0.3) is 0 Å². The number of fused-ring (bicyclic) bond motifs is 1.